The van der Waals surface area contributed by atoms with Crippen molar-refractivity contribution in [2.24, 2.45) is 5.73 Å². The van der Waals surface area contributed by atoms with Gasteiger partial charge in [0.2, 0.25) is 11.9 Å². The van der Waals surface area contributed by atoms with E-state index in [0.717, 1.165) is 48.8 Å². The molecule has 0 radical (unpaired) electrons. The van der Waals surface area contributed by atoms with Gasteiger partial charge < -0.3 is 26.0 Å². The van der Waals surface area contributed by atoms with Crippen LogP contribution in [-0.4, -0.2) is 48.7 Å². The van der Waals surface area contributed by atoms with Crippen LogP contribution in [0.25, 0.3) is 11.3 Å². The van der Waals surface area contributed by atoms with E-state index >= 15 is 0 Å². The minimum atomic E-state index is -0.182. The molecule has 8 nitrogen and oxygen atoms in total. The Morgan fingerprint density at radius 3 is 2.68 bits per heavy atom. The van der Waals surface area contributed by atoms with E-state index in [9.17, 15) is 4.79 Å². The van der Waals surface area contributed by atoms with Crippen LogP contribution in [0, 0.1) is 0 Å². The van der Waals surface area contributed by atoms with Crippen molar-refractivity contribution in [3.8, 4) is 11.3 Å². The predicted molar refractivity (Wildman–Crippen MR) is 121 cm³/mol. The maximum atomic E-state index is 11.4. The van der Waals surface area contributed by atoms with Crippen LogP contribution in [0.4, 0.5) is 17.3 Å². The lowest BCUT2D eigenvalue weighted by Crippen LogP contribution is -2.36. The third kappa shape index (κ3) is 5.56. The lowest BCUT2D eigenvalue weighted by Gasteiger charge is -2.28. The monoisotopic (exact) mass is 418 g/mol. The molecule has 0 aliphatic carbocycles. The van der Waals surface area contributed by atoms with E-state index < -0.39 is 0 Å². The molecular formula is C23H26N6O2. The number of aromatic nitrogens is 2. The molecule has 0 bridgehead atoms. The molecule has 2 heterocycles. The molecule has 0 atom stereocenters. The summed E-state index contributed by atoms with van der Waals surface area (Å²) < 4.78 is 5.41. The van der Waals surface area contributed by atoms with Crippen LogP contribution in [0.3, 0.4) is 0 Å². The predicted octanol–water partition coefficient (Wildman–Crippen LogP) is 2.30. The third-order valence-electron chi connectivity index (χ3n) is 5.05. The van der Waals surface area contributed by atoms with Crippen LogP contribution in [-0.2, 0) is 16.1 Å². The molecule has 1 aliphatic heterocycles. The number of benzene rings is 2. The van der Waals surface area contributed by atoms with Crippen LogP contribution < -0.4 is 21.3 Å². The Bertz CT molecular complexity index is 1020. The van der Waals surface area contributed by atoms with Gasteiger partial charge in [-0.1, -0.05) is 18.2 Å². The van der Waals surface area contributed by atoms with E-state index in [2.05, 4.69) is 37.6 Å². The number of morpholine rings is 1. The molecule has 8 heteroatoms. The molecule has 1 aromatic heterocycles. The first-order chi connectivity index (χ1) is 15.2. The van der Waals surface area contributed by atoms with Gasteiger partial charge in [-0.25, -0.2) is 9.97 Å². The summed E-state index contributed by atoms with van der Waals surface area (Å²) in [5, 5.41) is 6.05. The molecule has 31 heavy (non-hydrogen) atoms. The molecule has 0 saturated carbocycles. The second-order valence-electron chi connectivity index (χ2n) is 7.22. The van der Waals surface area contributed by atoms with Crippen molar-refractivity contribution < 1.29 is 9.53 Å². The number of hydrogen-bond donors (Lipinski definition) is 3. The molecule has 1 amide bonds. The van der Waals surface area contributed by atoms with Crippen molar-refractivity contribution in [1.82, 2.24) is 15.3 Å². The van der Waals surface area contributed by atoms with Gasteiger partial charge in [0.1, 0.15) is 0 Å². The minimum Gasteiger partial charge on any atom is -0.378 e. The number of carbonyl (C=O) groups is 1. The molecule has 2 aromatic carbocycles. The fraction of sp³-hybridized carbons (Fsp3) is 0.261. The lowest BCUT2D eigenvalue weighted by atomic mass is 10.1. The zero-order valence-corrected chi connectivity index (χ0v) is 17.3. The summed E-state index contributed by atoms with van der Waals surface area (Å²) in [6, 6.07) is 18.0. The Kier molecular flexibility index (Phi) is 6.71. The fourth-order valence-corrected chi connectivity index (χ4v) is 3.40. The van der Waals surface area contributed by atoms with Crippen molar-refractivity contribution in [3.63, 3.8) is 0 Å². The third-order valence-corrected chi connectivity index (χ3v) is 5.05. The Labute approximate surface area is 181 Å². The van der Waals surface area contributed by atoms with Gasteiger partial charge in [0.15, 0.2) is 0 Å². The highest BCUT2D eigenvalue weighted by molar-refractivity contribution is 5.77. The molecule has 0 spiro atoms. The van der Waals surface area contributed by atoms with Gasteiger partial charge in [-0.05, 0) is 42.0 Å². The number of rotatable bonds is 7. The van der Waals surface area contributed by atoms with Crippen LogP contribution in [0.5, 0.6) is 0 Å². The van der Waals surface area contributed by atoms with Gasteiger partial charge in [-0.15, -0.1) is 0 Å². The van der Waals surface area contributed by atoms with Gasteiger partial charge >= 0.3 is 0 Å². The van der Waals surface area contributed by atoms with Gasteiger partial charge in [0.05, 0.1) is 25.5 Å². The normalized spacial score (nSPS) is 13.6. The topological polar surface area (TPSA) is 105 Å². The van der Waals surface area contributed by atoms with Gasteiger partial charge in [-0.3, -0.25) is 4.79 Å². The number of anilines is 3. The lowest BCUT2D eigenvalue weighted by molar-refractivity contribution is -0.119. The van der Waals surface area contributed by atoms with Crippen molar-refractivity contribution in [2.45, 2.75) is 6.54 Å². The van der Waals surface area contributed by atoms with E-state index in [1.54, 1.807) is 6.20 Å². The van der Waals surface area contributed by atoms with Crippen LogP contribution in [0.15, 0.2) is 60.8 Å². The van der Waals surface area contributed by atoms with Crippen LogP contribution >= 0.6 is 0 Å². The molecule has 4 N–H and O–H groups in total. The largest absolute Gasteiger partial charge is 0.378 e. The van der Waals surface area contributed by atoms with Gasteiger partial charge in [0.25, 0.3) is 0 Å². The van der Waals surface area contributed by atoms with Crippen molar-refractivity contribution in [3.05, 3.63) is 66.4 Å². The van der Waals surface area contributed by atoms with Crippen LogP contribution in [0.1, 0.15) is 5.56 Å². The summed E-state index contributed by atoms with van der Waals surface area (Å²) in [5.41, 5.74) is 10.2. The number of nitrogens with one attached hydrogen (secondary N) is 2. The van der Waals surface area contributed by atoms with Crippen molar-refractivity contribution >= 4 is 23.2 Å². The van der Waals surface area contributed by atoms with Gasteiger partial charge in [-0.2, -0.15) is 0 Å². The average molecular weight is 419 g/mol. The maximum absolute atomic E-state index is 11.4. The van der Waals surface area contributed by atoms with Crippen LogP contribution in [0.2, 0.25) is 0 Å². The fourth-order valence-electron chi connectivity index (χ4n) is 3.40. The number of hydrogen-bond acceptors (Lipinski definition) is 7. The van der Waals surface area contributed by atoms with Gasteiger partial charge in [0, 0.05) is 42.8 Å². The summed E-state index contributed by atoms with van der Waals surface area (Å²) in [7, 11) is 0. The van der Waals surface area contributed by atoms with Crippen molar-refractivity contribution in [2.75, 3.05) is 43.1 Å². The second-order valence-corrected chi connectivity index (χ2v) is 7.22. The first-order valence-corrected chi connectivity index (χ1v) is 10.3. The minimum absolute atomic E-state index is 0.0198. The van der Waals surface area contributed by atoms with E-state index in [1.807, 2.05) is 42.5 Å². The Balaban J connectivity index is 1.44. The average Bonchev–Trinajstić information content (AvgIpc) is 2.84. The number of nitrogens with two attached hydrogens (primary N) is 1. The molecule has 160 valence electrons. The first kappa shape index (κ1) is 20.8. The first-order valence-electron chi connectivity index (χ1n) is 10.3. The highest BCUT2D eigenvalue weighted by Gasteiger charge is 2.11. The molecular weight excluding hydrogens is 392 g/mol. The summed E-state index contributed by atoms with van der Waals surface area (Å²) >= 11 is 0. The Hall–Kier alpha value is -3.49. The number of nitrogens with zero attached hydrogens (tertiary/aromatic N) is 3. The quantitative estimate of drug-likeness (QED) is 0.541. The van der Waals surface area contributed by atoms with E-state index in [-0.39, 0.29) is 12.5 Å². The standard InChI is InChI=1S/C23H26N6O2/c24-15-22(30)26-16-17-2-1-3-18(14-17)21-8-9-25-23(28-21)27-19-4-6-20(7-5-19)29-10-12-31-13-11-29/h1-9,14H,10-13,15-16,24H2,(H,26,30)(H,25,27,28). The van der Waals surface area contributed by atoms with E-state index in [1.165, 1.54) is 5.69 Å². The van der Waals surface area contributed by atoms with E-state index in [4.69, 9.17) is 10.5 Å². The summed E-state index contributed by atoms with van der Waals surface area (Å²) in [5.74, 6) is 0.344. The molecule has 3 aromatic rings. The second kappa shape index (κ2) is 10.0. The summed E-state index contributed by atoms with van der Waals surface area (Å²) in [6.07, 6.45) is 1.73. The summed E-state index contributed by atoms with van der Waals surface area (Å²) in [6.45, 7) is 3.76. The zero-order chi connectivity index (χ0) is 21.5. The molecule has 1 saturated heterocycles. The smallest absolute Gasteiger partial charge is 0.234 e. The number of amides is 1. The zero-order valence-electron chi connectivity index (χ0n) is 17.3. The maximum Gasteiger partial charge on any atom is 0.234 e. The SMILES string of the molecule is NCC(=O)NCc1cccc(-c2ccnc(Nc3ccc(N4CCOCC4)cc3)n2)c1. The highest BCUT2D eigenvalue weighted by atomic mass is 16.5. The Morgan fingerprint density at radius 1 is 1.10 bits per heavy atom. The summed E-state index contributed by atoms with van der Waals surface area (Å²) in [4.78, 5) is 22.7. The van der Waals surface area contributed by atoms with E-state index in [0.29, 0.717) is 12.5 Å². The molecule has 0 unspecified atom stereocenters. The molecule has 1 fully saturated rings. The number of carbonyl (C=O) groups excluding carboxylic acids is 1. The Morgan fingerprint density at radius 2 is 1.90 bits per heavy atom. The molecule has 4 rings (SSSR count). The van der Waals surface area contributed by atoms with Crippen molar-refractivity contribution in [1.29, 1.82) is 0 Å². The molecule has 1 aliphatic rings. The highest BCUT2D eigenvalue weighted by Crippen LogP contribution is 2.23. The number of ether oxygens (including phenoxy) is 1.